The first kappa shape index (κ1) is 10.9. The van der Waals surface area contributed by atoms with Crippen LogP contribution in [0.4, 0.5) is 0 Å². The Kier molecular flexibility index (Phi) is 3.37. The summed E-state index contributed by atoms with van der Waals surface area (Å²) in [6, 6.07) is 8.59. The number of hydrogen-bond donors (Lipinski definition) is 2. The first-order chi connectivity index (χ1) is 7.83. The van der Waals surface area contributed by atoms with Gasteiger partial charge in [-0.1, -0.05) is 31.2 Å². The summed E-state index contributed by atoms with van der Waals surface area (Å²) in [5.41, 5.74) is 3.62. The van der Waals surface area contributed by atoms with Crippen molar-refractivity contribution in [3.05, 3.63) is 41.9 Å². The van der Waals surface area contributed by atoms with Crippen LogP contribution in [0.5, 0.6) is 0 Å². The van der Waals surface area contributed by atoms with Crippen LogP contribution in [0.2, 0.25) is 0 Å². The molecule has 3 nitrogen and oxygen atoms in total. The van der Waals surface area contributed by atoms with Crippen LogP contribution in [-0.4, -0.2) is 17.0 Å². The lowest BCUT2D eigenvalue weighted by molar-refractivity contribution is 0.772. The molecule has 0 bridgehead atoms. The Labute approximate surface area is 95.9 Å². The largest absolute Gasteiger partial charge is 0.341 e. The van der Waals surface area contributed by atoms with Gasteiger partial charge in [0.05, 0.1) is 18.4 Å². The van der Waals surface area contributed by atoms with Crippen LogP contribution in [0.15, 0.2) is 30.5 Å². The topological polar surface area (TPSA) is 40.7 Å². The van der Waals surface area contributed by atoms with Crippen molar-refractivity contribution in [2.24, 2.45) is 0 Å². The van der Waals surface area contributed by atoms with Gasteiger partial charge < -0.3 is 10.3 Å². The van der Waals surface area contributed by atoms with E-state index in [-0.39, 0.29) is 0 Å². The molecule has 0 saturated carbocycles. The summed E-state index contributed by atoms with van der Waals surface area (Å²) in [5, 5.41) is 3.07. The molecular weight excluding hydrogens is 198 g/mol. The standard InChI is InChI=1S/C13H17N3/c1-3-10-4-6-11(7-5-10)12-8-15-13(16-12)9-14-2/h4-8,14H,3,9H2,1-2H3,(H,15,16). The van der Waals surface area contributed by atoms with Gasteiger partial charge in [-0.15, -0.1) is 0 Å². The van der Waals surface area contributed by atoms with Gasteiger partial charge in [-0.25, -0.2) is 4.98 Å². The molecule has 0 atom stereocenters. The average molecular weight is 215 g/mol. The second kappa shape index (κ2) is 4.94. The van der Waals surface area contributed by atoms with Crippen LogP contribution in [0.3, 0.4) is 0 Å². The number of H-pyrrole nitrogens is 1. The minimum absolute atomic E-state index is 0.771. The predicted molar refractivity (Wildman–Crippen MR) is 66.2 cm³/mol. The number of hydrogen-bond acceptors (Lipinski definition) is 2. The van der Waals surface area contributed by atoms with E-state index >= 15 is 0 Å². The Bertz CT molecular complexity index is 442. The fraction of sp³-hybridized carbons (Fsp3) is 0.308. The zero-order valence-corrected chi connectivity index (χ0v) is 9.75. The lowest BCUT2D eigenvalue weighted by atomic mass is 10.1. The molecule has 1 heterocycles. The molecule has 2 N–H and O–H groups in total. The Morgan fingerprint density at radius 1 is 1.25 bits per heavy atom. The highest BCUT2D eigenvalue weighted by atomic mass is 15.0. The summed E-state index contributed by atoms with van der Waals surface area (Å²) in [4.78, 5) is 7.60. The molecule has 1 aromatic carbocycles. The summed E-state index contributed by atoms with van der Waals surface area (Å²) in [5.74, 6) is 0.970. The van der Waals surface area contributed by atoms with Gasteiger partial charge in [0.2, 0.25) is 0 Å². The lowest BCUT2D eigenvalue weighted by Gasteiger charge is -2.00. The van der Waals surface area contributed by atoms with Crippen molar-refractivity contribution in [3.63, 3.8) is 0 Å². The third-order valence-corrected chi connectivity index (χ3v) is 2.65. The third kappa shape index (κ3) is 2.31. The molecule has 0 unspecified atom stereocenters. The molecule has 16 heavy (non-hydrogen) atoms. The van der Waals surface area contributed by atoms with Gasteiger partial charge in [0.25, 0.3) is 0 Å². The van der Waals surface area contributed by atoms with E-state index in [9.17, 15) is 0 Å². The molecule has 0 fully saturated rings. The fourth-order valence-corrected chi connectivity index (χ4v) is 1.69. The van der Waals surface area contributed by atoms with Crippen molar-refractivity contribution in [2.75, 3.05) is 7.05 Å². The SMILES string of the molecule is CCc1ccc(-c2cnc(CNC)[nH]2)cc1. The molecule has 0 amide bonds. The van der Waals surface area contributed by atoms with E-state index in [0.29, 0.717) is 0 Å². The molecular formula is C13H17N3. The minimum Gasteiger partial charge on any atom is -0.341 e. The summed E-state index contributed by atoms with van der Waals surface area (Å²) in [6.07, 6.45) is 2.96. The molecule has 0 saturated heterocycles. The maximum atomic E-state index is 4.31. The van der Waals surface area contributed by atoms with Crippen LogP contribution in [0, 0.1) is 0 Å². The van der Waals surface area contributed by atoms with Gasteiger partial charge in [0, 0.05) is 0 Å². The summed E-state index contributed by atoms with van der Waals surface area (Å²) in [6.45, 7) is 2.93. The summed E-state index contributed by atoms with van der Waals surface area (Å²) >= 11 is 0. The van der Waals surface area contributed by atoms with Crippen LogP contribution < -0.4 is 5.32 Å². The quantitative estimate of drug-likeness (QED) is 0.822. The van der Waals surface area contributed by atoms with Gasteiger partial charge in [-0.3, -0.25) is 0 Å². The molecule has 0 radical (unpaired) electrons. The van der Waals surface area contributed by atoms with Crippen molar-refractivity contribution in [2.45, 2.75) is 19.9 Å². The number of aryl methyl sites for hydroxylation is 1. The Morgan fingerprint density at radius 3 is 2.62 bits per heavy atom. The first-order valence-corrected chi connectivity index (χ1v) is 5.61. The molecule has 0 aliphatic carbocycles. The normalized spacial score (nSPS) is 10.6. The van der Waals surface area contributed by atoms with Crippen molar-refractivity contribution in [3.8, 4) is 11.3 Å². The van der Waals surface area contributed by atoms with E-state index in [0.717, 1.165) is 24.5 Å². The molecule has 0 aliphatic heterocycles. The zero-order chi connectivity index (χ0) is 11.4. The summed E-state index contributed by atoms with van der Waals surface area (Å²) in [7, 11) is 1.91. The van der Waals surface area contributed by atoms with Crippen LogP contribution >= 0.6 is 0 Å². The van der Waals surface area contributed by atoms with E-state index in [1.54, 1.807) is 0 Å². The highest BCUT2D eigenvalue weighted by Crippen LogP contribution is 2.17. The van der Waals surface area contributed by atoms with Crippen molar-refractivity contribution in [1.29, 1.82) is 0 Å². The average Bonchev–Trinajstić information content (AvgIpc) is 2.78. The van der Waals surface area contributed by atoms with E-state index < -0.39 is 0 Å². The molecule has 1 aromatic heterocycles. The molecule has 3 heteroatoms. The number of aromatic nitrogens is 2. The Hall–Kier alpha value is -1.61. The number of imidazole rings is 1. The fourth-order valence-electron chi connectivity index (χ4n) is 1.69. The van der Waals surface area contributed by atoms with Crippen LogP contribution in [0.1, 0.15) is 18.3 Å². The maximum Gasteiger partial charge on any atom is 0.120 e. The second-order valence-corrected chi connectivity index (χ2v) is 3.82. The molecule has 2 rings (SSSR count). The Balaban J connectivity index is 2.21. The molecule has 84 valence electrons. The third-order valence-electron chi connectivity index (χ3n) is 2.65. The van der Waals surface area contributed by atoms with Crippen LogP contribution in [0.25, 0.3) is 11.3 Å². The van der Waals surface area contributed by atoms with Gasteiger partial charge in [0.1, 0.15) is 5.82 Å². The highest BCUT2D eigenvalue weighted by Gasteiger charge is 2.02. The van der Waals surface area contributed by atoms with Gasteiger partial charge >= 0.3 is 0 Å². The van der Waals surface area contributed by atoms with Gasteiger partial charge in [0.15, 0.2) is 0 Å². The van der Waals surface area contributed by atoms with E-state index in [1.807, 2.05) is 13.2 Å². The lowest BCUT2D eigenvalue weighted by Crippen LogP contribution is -2.06. The smallest absolute Gasteiger partial charge is 0.120 e. The first-order valence-electron chi connectivity index (χ1n) is 5.61. The number of aromatic amines is 1. The summed E-state index contributed by atoms with van der Waals surface area (Å²) < 4.78 is 0. The maximum absolute atomic E-state index is 4.31. The number of benzene rings is 1. The van der Waals surface area contributed by atoms with E-state index in [1.165, 1.54) is 11.1 Å². The predicted octanol–water partition coefficient (Wildman–Crippen LogP) is 2.36. The van der Waals surface area contributed by atoms with Gasteiger partial charge in [-0.05, 0) is 24.6 Å². The number of rotatable bonds is 4. The van der Waals surface area contributed by atoms with Crippen LogP contribution in [-0.2, 0) is 13.0 Å². The number of nitrogens with one attached hydrogen (secondary N) is 2. The molecule has 0 aliphatic rings. The van der Waals surface area contributed by atoms with E-state index in [2.05, 4.69) is 46.5 Å². The second-order valence-electron chi connectivity index (χ2n) is 3.82. The van der Waals surface area contributed by atoms with E-state index in [4.69, 9.17) is 0 Å². The minimum atomic E-state index is 0.771. The molecule has 0 spiro atoms. The van der Waals surface area contributed by atoms with Crippen molar-refractivity contribution >= 4 is 0 Å². The van der Waals surface area contributed by atoms with Crippen molar-refractivity contribution in [1.82, 2.24) is 15.3 Å². The highest BCUT2D eigenvalue weighted by molar-refractivity contribution is 5.58. The molecule has 2 aromatic rings. The Morgan fingerprint density at radius 2 is 2.00 bits per heavy atom. The van der Waals surface area contributed by atoms with Gasteiger partial charge in [-0.2, -0.15) is 0 Å². The number of nitrogens with zero attached hydrogens (tertiary/aromatic N) is 1. The monoisotopic (exact) mass is 215 g/mol. The zero-order valence-electron chi connectivity index (χ0n) is 9.75. The van der Waals surface area contributed by atoms with Crippen molar-refractivity contribution < 1.29 is 0 Å².